The molecule has 7 heteroatoms. The van der Waals surface area contributed by atoms with E-state index in [0.717, 1.165) is 18.4 Å². The summed E-state index contributed by atoms with van der Waals surface area (Å²) in [6.45, 7) is 1.82. The van der Waals surface area contributed by atoms with Gasteiger partial charge in [-0.05, 0) is 25.8 Å². The van der Waals surface area contributed by atoms with Crippen molar-refractivity contribution in [3.05, 3.63) is 52.2 Å². The molecule has 0 spiro atoms. The van der Waals surface area contributed by atoms with Gasteiger partial charge in [-0.25, -0.2) is 9.98 Å². The number of nitrogens with one attached hydrogen (secondary N) is 2. The zero-order valence-electron chi connectivity index (χ0n) is 14.3. The van der Waals surface area contributed by atoms with E-state index >= 15 is 0 Å². The highest BCUT2D eigenvalue weighted by molar-refractivity contribution is 5.93. The molecule has 0 bridgehead atoms. The molecule has 4 rings (SSSR count). The molecule has 3 heterocycles. The second kappa shape index (κ2) is 6.66. The molecule has 0 amide bonds. The van der Waals surface area contributed by atoms with Crippen molar-refractivity contribution in [1.29, 1.82) is 0 Å². The monoisotopic (exact) mass is 338 g/mol. The maximum atomic E-state index is 12.5. The third-order valence-electron chi connectivity index (χ3n) is 4.73. The summed E-state index contributed by atoms with van der Waals surface area (Å²) in [5.74, 6) is 1.20. The smallest absolute Gasteiger partial charge is 0.257 e. The van der Waals surface area contributed by atoms with Gasteiger partial charge in [0.25, 0.3) is 5.56 Å². The number of fused-ring (bicyclic) bond motifs is 1. The number of nitrogens with zero attached hydrogens (tertiary/aromatic N) is 4. The Hall–Kier alpha value is -2.70. The Kier molecular flexibility index (Phi) is 4.21. The van der Waals surface area contributed by atoms with E-state index in [-0.39, 0.29) is 5.56 Å². The number of aromatic nitrogens is 3. The fourth-order valence-corrected chi connectivity index (χ4v) is 3.51. The molecule has 130 valence electrons. The first-order valence-corrected chi connectivity index (χ1v) is 8.82. The van der Waals surface area contributed by atoms with E-state index in [0.29, 0.717) is 23.6 Å². The normalized spacial score (nSPS) is 20.4. The SMILES string of the molecule is Cc1cc(=O)n2c(n1)NC(NC1CCCCC1)=N[C@H]2c1cccnc1. The Labute approximate surface area is 146 Å². The highest BCUT2D eigenvalue weighted by atomic mass is 16.1. The lowest BCUT2D eigenvalue weighted by atomic mass is 9.96. The van der Waals surface area contributed by atoms with E-state index in [2.05, 4.69) is 20.6 Å². The first-order chi connectivity index (χ1) is 12.2. The third kappa shape index (κ3) is 3.26. The molecule has 2 aliphatic rings. The van der Waals surface area contributed by atoms with Crippen LogP contribution < -0.4 is 16.2 Å². The zero-order chi connectivity index (χ0) is 17.2. The van der Waals surface area contributed by atoms with Crippen molar-refractivity contribution in [2.45, 2.75) is 51.2 Å². The van der Waals surface area contributed by atoms with Crippen molar-refractivity contribution in [3.8, 4) is 0 Å². The van der Waals surface area contributed by atoms with Crippen LogP contribution in [0.15, 0.2) is 40.4 Å². The van der Waals surface area contributed by atoms with E-state index in [1.165, 1.54) is 25.3 Å². The van der Waals surface area contributed by atoms with Crippen LogP contribution >= 0.6 is 0 Å². The molecular weight excluding hydrogens is 316 g/mol. The number of anilines is 1. The Bertz CT molecular complexity index is 838. The van der Waals surface area contributed by atoms with Crippen molar-refractivity contribution in [2.75, 3.05) is 5.32 Å². The van der Waals surface area contributed by atoms with Gasteiger partial charge in [-0.3, -0.25) is 19.7 Å². The summed E-state index contributed by atoms with van der Waals surface area (Å²) in [5, 5.41) is 6.70. The summed E-state index contributed by atoms with van der Waals surface area (Å²) < 4.78 is 1.58. The Morgan fingerprint density at radius 3 is 2.88 bits per heavy atom. The molecule has 0 saturated heterocycles. The molecule has 1 saturated carbocycles. The predicted octanol–water partition coefficient (Wildman–Crippen LogP) is 2.20. The molecule has 0 aromatic carbocycles. The van der Waals surface area contributed by atoms with Crippen LogP contribution in [0.4, 0.5) is 5.95 Å². The topological polar surface area (TPSA) is 84.2 Å². The average molecular weight is 338 g/mol. The van der Waals surface area contributed by atoms with E-state index in [1.807, 2.05) is 19.1 Å². The van der Waals surface area contributed by atoms with Crippen LogP contribution in [0.5, 0.6) is 0 Å². The van der Waals surface area contributed by atoms with Crippen molar-refractivity contribution >= 4 is 11.9 Å². The predicted molar refractivity (Wildman–Crippen MR) is 96.7 cm³/mol. The number of hydrogen-bond donors (Lipinski definition) is 2. The van der Waals surface area contributed by atoms with Crippen LogP contribution in [0, 0.1) is 6.92 Å². The second-order valence-corrected chi connectivity index (χ2v) is 6.67. The molecule has 2 N–H and O–H groups in total. The van der Waals surface area contributed by atoms with Crippen LogP contribution in [0.2, 0.25) is 0 Å². The molecule has 1 fully saturated rings. The molecule has 0 radical (unpaired) electrons. The highest BCUT2D eigenvalue weighted by Crippen LogP contribution is 2.25. The van der Waals surface area contributed by atoms with Gasteiger partial charge in [-0.2, -0.15) is 0 Å². The Balaban J connectivity index is 1.72. The lowest BCUT2D eigenvalue weighted by molar-refractivity contribution is 0.410. The largest absolute Gasteiger partial charge is 0.353 e. The van der Waals surface area contributed by atoms with Crippen LogP contribution in [0.1, 0.15) is 49.5 Å². The summed E-state index contributed by atoms with van der Waals surface area (Å²) in [7, 11) is 0. The van der Waals surface area contributed by atoms with Crippen molar-refractivity contribution in [1.82, 2.24) is 19.9 Å². The van der Waals surface area contributed by atoms with Crippen LogP contribution in [0.25, 0.3) is 0 Å². The van der Waals surface area contributed by atoms with Crippen molar-refractivity contribution < 1.29 is 0 Å². The van der Waals surface area contributed by atoms with E-state index < -0.39 is 6.17 Å². The van der Waals surface area contributed by atoms with Crippen LogP contribution in [0.3, 0.4) is 0 Å². The van der Waals surface area contributed by atoms with Gasteiger partial charge < -0.3 is 5.32 Å². The fraction of sp³-hybridized carbons (Fsp3) is 0.444. The zero-order valence-corrected chi connectivity index (χ0v) is 14.3. The fourth-order valence-electron chi connectivity index (χ4n) is 3.51. The molecule has 1 aliphatic heterocycles. The van der Waals surface area contributed by atoms with Crippen LogP contribution in [-0.4, -0.2) is 26.5 Å². The molecule has 2 aromatic heterocycles. The minimum absolute atomic E-state index is 0.121. The van der Waals surface area contributed by atoms with Gasteiger partial charge in [-0.15, -0.1) is 0 Å². The van der Waals surface area contributed by atoms with Gasteiger partial charge in [0.1, 0.15) is 0 Å². The van der Waals surface area contributed by atoms with E-state index in [1.54, 1.807) is 17.0 Å². The summed E-state index contributed by atoms with van der Waals surface area (Å²) in [6, 6.07) is 5.73. The van der Waals surface area contributed by atoms with Crippen LogP contribution in [-0.2, 0) is 0 Å². The number of rotatable bonds is 2. The Morgan fingerprint density at radius 1 is 1.28 bits per heavy atom. The van der Waals surface area contributed by atoms with Gasteiger partial charge in [0.15, 0.2) is 6.17 Å². The quantitative estimate of drug-likeness (QED) is 0.877. The second-order valence-electron chi connectivity index (χ2n) is 6.67. The minimum Gasteiger partial charge on any atom is -0.353 e. The standard InChI is InChI=1S/C18H22N6O/c1-12-10-15(25)24-16(13-6-5-9-19-11-13)22-17(23-18(24)20-12)21-14-7-3-2-4-8-14/h5-6,9-11,14,16H,2-4,7-8H2,1H3,(H2,20,21,22,23)/t16-/m1/s1. The van der Waals surface area contributed by atoms with Gasteiger partial charge >= 0.3 is 0 Å². The summed E-state index contributed by atoms with van der Waals surface area (Å²) in [5.41, 5.74) is 1.43. The Morgan fingerprint density at radius 2 is 2.12 bits per heavy atom. The number of guanidine groups is 1. The van der Waals surface area contributed by atoms with Gasteiger partial charge in [-0.1, -0.05) is 25.3 Å². The summed E-state index contributed by atoms with van der Waals surface area (Å²) in [6.07, 6.45) is 9.07. The third-order valence-corrected chi connectivity index (χ3v) is 4.73. The van der Waals surface area contributed by atoms with E-state index in [9.17, 15) is 4.79 Å². The summed E-state index contributed by atoms with van der Waals surface area (Å²) in [4.78, 5) is 26.0. The van der Waals surface area contributed by atoms with E-state index in [4.69, 9.17) is 4.99 Å². The lowest BCUT2D eigenvalue weighted by Crippen LogP contribution is -2.45. The first kappa shape index (κ1) is 15.8. The van der Waals surface area contributed by atoms with Gasteiger partial charge in [0.05, 0.1) is 0 Å². The number of aliphatic imine (C=N–C) groups is 1. The molecule has 1 atom stereocenters. The molecule has 2 aromatic rings. The lowest BCUT2D eigenvalue weighted by Gasteiger charge is -2.30. The molecule has 0 unspecified atom stereocenters. The van der Waals surface area contributed by atoms with Crippen molar-refractivity contribution in [3.63, 3.8) is 0 Å². The highest BCUT2D eigenvalue weighted by Gasteiger charge is 2.26. The molecule has 25 heavy (non-hydrogen) atoms. The first-order valence-electron chi connectivity index (χ1n) is 8.82. The molecule has 1 aliphatic carbocycles. The van der Waals surface area contributed by atoms with Gasteiger partial charge in [0, 0.05) is 35.8 Å². The molecule has 7 nitrogen and oxygen atoms in total. The van der Waals surface area contributed by atoms with Gasteiger partial charge in [0.2, 0.25) is 11.9 Å². The number of hydrogen-bond acceptors (Lipinski definition) is 6. The van der Waals surface area contributed by atoms with Crippen molar-refractivity contribution in [2.24, 2.45) is 4.99 Å². The average Bonchev–Trinajstić information content (AvgIpc) is 2.62. The summed E-state index contributed by atoms with van der Waals surface area (Å²) >= 11 is 0. The minimum atomic E-state index is -0.461. The maximum absolute atomic E-state index is 12.5. The molecular formula is C18H22N6O. The maximum Gasteiger partial charge on any atom is 0.257 e. The number of pyridine rings is 1. The number of aryl methyl sites for hydroxylation is 1.